The Bertz CT molecular complexity index is 2780. The van der Waals surface area contributed by atoms with Crippen LogP contribution in [0.4, 0.5) is 23.0 Å². The van der Waals surface area contributed by atoms with Gasteiger partial charge in [0.05, 0.1) is 56.3 Å². The summed E-state index contributed by atoms with van der Waals surface area (Å²) >= 11 is 0. The van der Waals surface area contributed by atoms with Crippen molar-refractivity contribution in [3.63, 3.8) is 0 Å². The Balaban J connectivity index is 0.720. The summed E-state index contributed by atoms with van der Waals surface area (Å²) in [5.74, 6) is -1.61. The topological polar surface area (TPSA) is 247 Å². The van der Waals surface area contributed by atoms with Crippen molar-refractivity contribution in [1.82, 2.24) is 44.7 Å². The minimum absolute atomic E-state index is 0.0485. The fourth-order valence-corrected chi connectivity index (χ4v) is 8.30. The molecule has 5 N–H and O–H groups in total. The van der Waals surface area contributed by atoms with Crippen LogP contribution >= 0.6 is 0 Å². The van der Waals surface area contributed by atoms with Crippen molar-refractivity contribution in [1.29, 1.82) is 0 Å². The molecule has 356 valence electrons. The average Bonchev–Trinajstić information content (AvgIpc) is 3.74. The van der Waals surface area contributed by atoms with E-state index in [1.54, 1.807) is 61.0 Å². The second-order valence-electron chi connectivity index (χ2n) is 17.0. The first kappa shape index (κ1) is 47.2. The van der Waals surface area contributed by atoms with E-state index in [4.69, 9.17) is 14.5 Å². The molecule has 3 aliphatic heterocycles. The SMILES string of the molecule is C=CCn1c(=O)c2cnc(Nc3ccc(N4CCN(CC(=O)NCCOCCOCCNc5cccc6c5C(=O)N(C5CCC(=O)NC5=O)C6=O)CC4)cc3)nc2n1-c1cccc(C(C)(C)O)n1. The second kappa shape index (κ2) is 20.7. The van der Waals surface area contributed by atoms with Gasteiger partial charge >= 0.3 is 0 Å². The lowest BCUT2D eigenvalue weighted by molar-refractivity contribution is -0.136. The Kier molecular flexibility index (Phi) is 14.3. The van der Waals surface area contributed by atoms with Crippen LogP contribution in [-0.4, -0.2) is 147 Å². The normalized spacial score (nSPS) is 16.5. The zero-order chi connectivity index (χ0) is 48.0. The number of hydrogen-bond donors (Lipinski definition) is 5. The Labute approximate surface area is 391 Å². The molecule has 6 heterocycles. The Hall–Kier alpha value is -7.33. The second-order valence-corrected chi connectivity index (χ2v) is 17.0. The summed E-state index contributed by atoms with van der Waals surface area (Å²) in [4.78, 5) is 95.4. The van der Waals surface area contributed by atoms with Crippen molar-refractivity contribution in [2.24, 2.45) is 0 Å². The highest BCUT2D eigenvalue weighted by Crippen LogP contribution is 2.32. The molecule has 0 aliphatic carbocycles. The molecule has 5 aromatic rings. The number of fused-ring (bicyclic) bond motifs is 2. The van der Waals surface area contributed by atoms with Gasteiger partial charge in [0.1, 0.15) is 17.0 Å². The number of rotatable bonds is 20. The van der Waals surface area contributed by atoms with E-state index in [0.29, 0.717) is 86.8 Å². The molecule has 0 radical (unpaired) electrons. The lowest BCUT2D eigenvalue weighted by Gasteiger charge is -2.35. The van der Waals surface area contributed by atoms with E-state index in [0.717, 1.165) is 29.4 Å². The molecule has 0 bridgehead atoms. The molecule has 21 heteroatoms. The molecule has 21 nitrogen and oxygen atoms in total. The number of aromatic nitrogens is 5. The maximum absolute atomic E-state index is 13.4. The minimum atomic E-state index is -1.19. The molecule has 5 amide bonds. The number of benzene rings is 2. The summed E-state index contributed by atoms with van der Waals surface area (Å²) in [7, 11) is 0. The number of aliphatic hydroxyl groups is 1. The number of carbonyl (C=O) groups excluding carboxylic acids is 5. The predicted octanol–water partition coefficient (Wildman–Crippen LogP) is 1.92. The Morgan fingerprint density at radius 2 is 1.65 bits per heavy atom. The number of ether oxygens (including phenoxy) is 2. The number of piperidine rings is 1. The van der Waals surface area contributed by atoms with E-state index in [1.807, 2.05) is 24.3 Å². The van der Waals surface area contributed by atoms with Gasteiger partial charge in [0.15, 0.2) is 11.5 Å². The van der Waals surface area contributed by atoms with Crippen molar-refractivity contribution in [3.05, 3.63) is 107 Å². The molecule has 1 atom stereocenters. The third-order valence-corrected chi connectivity index (χ3v) is 11.8. The minimum Gasteiger partial charge on any atom is -0.384 e. The standard InChI is InChI=1S/C47H54N12O9/c1-4-19-57-43(63)33-28-50-46(54-41(33)59(57)37-10-6-9-36(52-37)47(2,3)66)51-30-11-13-31(14-12-30)56-22-20-55(21-23-56)29-39(61)49-18-25-68-27-26-67-24-17-48-34-8-5-7-32-40(34)45(65)58(44(32)64)35-15-16-38(60)53-42(35)62/h4-14,28,35,48,66H,1,15-27,29H2,2-3H3,(H,49,61)(H,50,51,54)(H,53,60,62). The summed E-state index contributed by atoms with van der Waals surface area (Å²) < 4.78 is 14.4. The van der Waals surface area contributed by atoms with Crippen LogP contribution in [0.25, 0.3) is 16.9 Å². The van der Waals surface area contributed by atoms with Gasteiger partial charge < -0.3 is 35.4 Å². The molecule has 8 rings (SSSR count). The van der Waals surface area contributed by atoms with Crippen LogP contribution in [0.15, 0.2) is 84.3 Å². The number of imide groups is 2. The van der Waals surface area contributed by atoms with Gasteiger partial charge in [-0.15, -0.1) is 6.58 Å². The third kappa shape index (κ3) is 10.4. The van der Waals surface area contributed by atoms with E-state index in [2.05, 4.69) is 47.6 Å². The largest absolute Gasteiger partial charge is 0.384 e. The number of pyridine rings is 1. The Morgan fingerprint density at radius 3 is 2.37 bits per heavy atom. The van der Waals surface area contributed by atoms with Gasteiger partial charge in [-0.25, -0.2) is 19.3 Å². The van der Waals surface area contributed by atoms with Crippen LogP contribution in [-0.2, 0) is 36.0 Å². The van der Waals surface area contributed by atoms with Gasteiger partial charge in [-0.05, 0) is 68.8 Å². The van der Waals surface area contributed by atoms with Gasteiger partial charge in [0, 0.05) is 68.9 Å². The molecule has 3 aliphatic rings. The fourth-order valence-electron chi connectivity index (χ4n) is 8.30. The van der Waals surface area contributed by atoms with Crippen molar-refractivity contribution < 1.29 is 38.6 Å². The fraction of sp³-hybridized carbons (Fsp3) is 0.383. The molecule has 0 saturated carbocycles. The van der Waals surface area contributed by atoms with E-state index < -0.39 is 35.3 Å². The van der Waals surface area contributed by atoms with Crippen LogP contribution in [0, 0.1) is 0 Å². The molecule has 68 heavy (non-hydrogen) atoms. The van der Waals surface area contributed by atoms with Crippen LogP contribution in [0.2, 0.25) is 0 Å². The van der Waals surface area contributed by atoms with E-state index in [1.165, 1.54) is 10.9 Å². The zero-order valence-corrected chi connectivity index (χ0v) is 37.9. The van der Waals surface area contributed by atoms with Crippen molar-refractivity contribution in [3.8, 4) is 5.82 Å². The number of nitrogens with zero attached hydrogens (tertiary/aromatic N) is 8. The van der Waals surface area contributed by atoms with Crippen molar-refractivity contribution in [2.75, 3.05) is 87.8 Å². The first-order valence-corrected chi connectivity index (χ1v) is 22.5. The van der Waals surface area contributed by atoms with E-state index in [-0.39, 0.29) is 48.5 Å². The molecule has 1 unspecified atom stereocenters. The molecule has 2 fully saturated rings. The smallest absolute Gasteiger partial charge is 0.278 e. The molecular formula is C47H54N12O9. The summed E-state index contributed by atoms with van der Waals surface area (Å²) in [5, 5.41) is 22.4. The first-order chi connectivity index (χ1) is 32.8. The molecule has 2 saturated heterocycles. The average molecular weight is 931 g/mol. The number of carbonyl (C=O) groups is 5. The Morgan fingerprint density at radius 1 is 0.912 bits per heavy atom. The van der Waals surface area contributed by atoms with Crippen LogP contribution in [0.1, 0.15) is 53.1 Å². The summed E-state index contributed by atoms with van der Waals surface area (Å²) in [5.41, 5.74) is 1.95. The van der Waals surface area contributed by atoms with Crippen LogP contribution in [0.3, 0.4) is 0 Å². The highest BCUT2D eigenvalue weighted by molar-refractivity contribution is 6.25. The highest BCUT2D eigenvalue weighted by atomic mass is 16.5. The van der Waals surface area contributed by atoms with Crippen molar-refractivity contribution >= 4 is 63.6 Å². The van der Waals surface area contributed by atoms with E-state index >= 15 is 0 Å². The van der Waals surface area contributed by atoms with Crippen LogP contribution in [0.5, 0.6) is 0 Å². The summed E-state index contributed by atoms with van der Waals surface area (Å²) in [6.07, 6.45) is 3.24. The number of hydrogen-bond acceptors (Lipinski definition) is 16. The predicted molar refractivity (Wildman–Crippen MR) is 251 cm³/mol. The van der Waals surface area contributed by atoms with Gasteiger partial charge in [-0.1, -0.05) is 18.2 Å². The lowest BCUT2D eigenvalue weighted by Crippen LogP contribution is -2.54. The lowest BCUT2D eigenvalue weighted by atomic mass is 10.0. The van der Waals surface area contributed by atoms with Gasteiger partial charge in [0.2, 0.25) is 23.7 Å². The maximum Gasteiger partial charge on any atom is 0.278 e. The summed E-state index contributed by atoms with van der Waals surface area (Å²) in [6, 6.07) is 17.0. The highest BCUT2D eigenvalue weighted by Gasteiger charge is 2.45. The third-order valence-electron chi connectivity index (χ3n) is 11.8. The molecule has 0 spiro atoms. The number of allylic oxidation sites excluding steroid dienone is 1. The van der Waals surface area contributed by atoms with E-state index in [9.17, 15) is 33.9 Å². The van der Waals surface area contributed by atoms with Crippen LogP contribution < -0.4 is 31.7 Å². The van der Waals surface area contributed by atoms with Gasteiger partial charge in [-0.3, -0.25) is 43.9 Å². The summed E-state index contributed by atoms with van der Waals surface area (Å²) in [6.45, 7) is 12.5. The molecule has 2 aromatic carbocycles. The maximum atomic E-state index is 13.4. The van der Waals surface area contributed by atoms with Gasteiger partial charge in [0.25, 0.3) is 17.4 Å². The first-order valence-electron chi connectivity index (χ1n) is 22.5. The number of nitrogens with one attached hydrogen (secondary N) is 4. The number of piperazine rings is 1. The van der Waals surface area contributed by atoms with Gasteiger partial charge in [-0.2, -0.15) is 4.98 Å². The van der Waals surface area contributed by atoms with Crippen molar-refractivity contribution in [2.45, 2.75) is 44.9 Å². The zero-order valence-electron chi connectivity index (χ0n) is 37.9. The molecular weight excluding hydrogens is 877 g/mol. The number of amides is 5. The number of anilines is 4. The molecule has 3 aromatic heterocycles. The monoisotopic (exact) mass is 930 g/mol. The quantitative estimate of drug-likeness (QED) is 0.0425.